The molecule has 0 aromatic heterocycles. The van der Waals surface area contributed by atoms with Crippen molar-refractivity contribution < 1.29 is 23.4 Å². The third-order valence-corrected chi connectivity index (χ3v) is 11.1. The second-order valence-electron chi connectivity index (χ2n) is 10.1. The third-order valence-electron chi connectivity index (χ3n) is 6.05. The Morgan fingerprint density at radius 2 is 1.61 bits per heavy atom. The van der Waals surface area contributed by atoms with Gasteiger partial charge in [0.25, 0.3) is 8.32 Å². The molecule has 1 heterocycles. The summed E-state index contributed by atoms with van der Waals surface area (Å²) < 4.78 is 24.4. The highest BCUT2D eigenvalue weighted by Gasteiger charge is 2.52. The van der Waals surface area contributed by atoms with Crippen LogP contribution in [0.5, 0.6) is 0 Å². The summed E-state index contributed by atoms with van der Waals surface area (Å²) in [7, 11) is -2.81. The molecule has 0 amide bonds. The Morgan fingerprint density at radius 3 is 2.03 bits per heavy atom. The molecule has 0 spiro atoms. The normalized spacial score (nSPS) is 19.3. The first kappa shape index (κ1) is 25.6. The van der Waals surface area contributed by atoms with E-state index < -0.39 is 14.1 Å². The van der Waals surface area contributed by atoms with E-state index in [0.29, 0.717) is 19.6 Å². The van der Waals surface area contributed by atoms with E-state index in [4.69, 9.17) is 18.6 Å². The fraction of sp³-hybridized carbons (Fsp3) is 0.519. The molecule has 1 aliphatic rings. The number of carbonyl (C=O) groups is 1. The van der Waals surface area contributed by atoms with Gasteiger partial charge in [0.15, 0.2) is 5.79 Å². The lowest BCUT2D eigenvalue weighted by atomic mass is 10.1. The number of hydrogen-bond donors (Lipinski definition) is 0. The number of benzene rings is 2. The summed E-state index contributed by atoms with van der Waals surface area (Å²) in [5, 5.41) is 2.18. The first-order valence-corrected chi connectivity index (χ1v) is 13.7. The summed E-state index contributed by atoms with van der Waals surface area (Å²) in [6.45, 7) is 13.2. The summed E-state index contributed by atoms with van der Waals surface area (Å²) in [5.41, 5.74) is 0. The maximum absolute atomic E-state index is 12.6. The average Bonchev–Trinajstić information content (AvgIpc) is 3.10. The van der Waals surface area contributed by atoms with Crippen LogP contribution in [0.1, 0.15) is 54.4 Å². The molecule has 0 saturated carbocycles. The first-order valence-electron chi connectivity index (χ1n) is 11.8. The van der Waals surface area contributed by atoms with Crippen LogP contribution in [0.4, 0.5) is 0 Å². The number of carbonyl (C=O) groups excluding carboxylic acids is 1. The fourth-order valence-corrected chi connectivity index (χ4v) is 9.39. The molecule has 33 heavy (non-hydrogen) atoms. The number of hydrogen-bond acceptors (Lipinski definition) is 5. The summed E-state index contributed by atoms with van der Waals surface area (Å²) in [4.78, 5) is 12.6. The van der Waals surface area contributed by atoms with Gasteiger partial charge in [0.05, 0.1) is 31.8 Å². The van der Waals surface area contributed by atoms with Crippen LogP contribution in [0.3, 0.4) is 0 Å². The van der Waals surface area contributed by atoms with Crippen LogP contribution >= 0.6 is 0 Å². The smallest absolute Gasteiger partial charge is 0.308 e. The molecule has 0 unspecified atom stereocenters. The third kappa shape index (κ3) is 6.12. The van der Waals surface area contributed by atoms with E-state index in [1.165, 1.54) is 10.4 Å². The lowest BCUT2D eigenvalue weighted by Gasteiger charge is -2.45. The van der Waals surface area contributed by atoms with Crippen molar-refractivity contribution in [3.63, 3.8) is 0 Å². The highest BCUT2D eigenvalue weighted by molar-refractivity contribution is 6.99. The van der Waals surface area contributed by atoms with Gasteiger partial charge in [0, 0.05) is 6.42 Å². The van der Waals surface area contributed by atoms with Gasteiger partial charge in [-0.2, -0.15) is 0 Å². The van der Waals surface area contributed by atoms with Gasteiger partial charge < -0.3 is 18.6 Å². The van der Waals surface area contributed by atoms with Crippen molar-refractivity contribution in [2.45, 2.75) is 77.4 Å². The summed E-state index contributed by atoms with van der Waals surface area (Å²) in [6, 6.07) is 20.9. The Hall–Kier alpha value is -1.99. The van der Waals surface area contributed by atoms with Crippen LogP contribution in [0.25, 0.3) is 0 Å². The number of esters is 1. The number of ether oxygens (including phenoxy) is 3. The lowest BCUT2D eigenvalue weighted by molar-refractivity contribution is -0.147. The quantitative estimate of drug-likeness (QED) is 0.401. The molecule has 5 nitrogen and oxygen atoms in total. The van der Waals surface area contributed by atoms with Gasteiger partial charge in [-0.3, -0.25) is 4.79 Å². The van der Waals surface area contributed by atoms with Crippen LogP contribution in [0.2, 0.25) is 5.04 Å². The molecular formula is C27H38O5Si. The molecule has 1 aliphatic heterocycles. The lowest BCUT2D eigenvalue weighted by Crippen LogP contribution is -2.68. The fourth-order valence-electron chi connectivity index (χ4n) is 4.69. The zero-order chi connectivity index (χ0) is 24.1. The van der Waals surface area contributed by atoms with Gasteiger partial charge in [-0.05, 0) is 36.2 Å². The van der Waals surface area contributed by atoms with E-state index >= 15 is 0 Å². The standard InChI is InChI=1S/C27H38O5Si/c1-7-29-25(28)19-21(18-22-20-30-27(5,6)31-22)32-33(26(2,3)4,23-14-10-8-11-15-23)24-16-12-9-13-17-24/h8-17,21-22H,7,18-20H2,1-6H3/t21-,22+/m1/s1. The molecule has 2 aromatic rings. The highest BCUT2D eigenvalue weighted by atomic mass is 28.4. The van der Waals surface area contributed by atoms with Gasteiger partial charge >= 0.3 is 5.97 Å². The summed E-state index contributed by atoms with van der Waals surface area (Å²) in [5.74, 6) is -0.880. The van der Waals surface area contributed by atoms with E-state index in [9.17, 15) is 4.79 Å². The largest absolute Gasteiger partial charge is 0.466 e. The van der Waals surface area contributed by atoms with Crippen molar-refractivity contribution in [3.05, 3.63) is 60.7 Å². The van der Waals surface area contributed by atoms with Gasteiger partial charge in [-0.1, -0.05) is 81.4 Å². The molecule has 2 aromatic carbocycles. The average molecular weight is 471 g/mol. The predicted octanol–water partition coefficient (Wildman–Crippen LogP) is 4.43. The first-order chi connectivity index (χ1) is 15.6. The molecular weight excluding hydrogens is 432 g/mol. The SMILES string of the molecule is CCOC(=O)C[C@@H](C[C@H]1COC(C)(C)O1)O[Si](c1ccccc1)(c1ccccc1)C(C)(C)C. The Balaban J connectivity index is 2.05. The molecule has 6 heteroatoms. The molecule has 1 fully saturated rings. The Kier molecular flexibility index (Phi) is 8.16. The van der Waals surface area contributed by atoms with E-state index in [1.807, 2.05) is 32.9 Å². The minimum atomic E-state index is -2.81. The Bertz CT molecular complexity index is 852. The maximum atomic E-state index is 12.6. The molecule has 0 N–H and O–H groups in total. The second-order valence-corrected chi connectivity index (χ2v) is 14.4. The van der Waals surface area contributed by atoms with Gasteiger partial charge in [0.2, 0.25) is 0 Å². The number of rotatable bonds is 9. The second kappa shape index (κ2) is 10.5. The van der Waals surface area contributed by atoms with Gasteiger partial charge in [0.1, 0.15) is 0 Å². The highest BCUT2D eigenvalue weighted by Crippen LogP contribution is 2.39. The van der Waals surface area contributed by atoms with Crippen LogP contribution in [0.15, 0.2) is 60.7 Å². The molecule has 0 aliphatic carbocycles. The predicted molar refractivity (Wildman–Crippen MR) is 133 cm³/mol. The van der Waals surface area contributed by atoms with Crippen molar-refractivity contribution in [2.24, 2.45) is 0 Å². The molecule has 3 rings (SSSR count). The molecule has 2 atom stereocenters. The summed E-state index contributed by atoms with van der Waals surface area (Å²) in [6.07, 6.45) is 0.237. The van der Waals surface area contributed by atoms with E-state index in [0.717, 1.165) is 0 Å². The van der Waals surface area contributed by atoms with Crippen molar-refractivity contribution >= 4 is 24.7 Å². The Labute approximate surface area is 199 Å². The topological polar surface area (TPSA) is 54.0 Å². The maximum Gasteiger partial charge on any atom is 0.308 e. The van der Waals surface area contributed by atoms with Gasteiger partial charge in [-0.25, -0.2) is 0 Å². The monoisotopic (exact) mass is 470 g/mol. The van der Waals surface area contributed by atoms with Crippen LogP contribution in [0, 0.1) is 0 Å². The van der Waals surface area contributed by atoms with E-state index in [2.05, 4.69) is 69.3 Å². The summed E-state index contributed by atoms with van der Waals surface area (Å²) >= 11 is 0. The molecule has 1 saturated heterocycles. The van der Waals surface area contributed by atoms with Crippen molar-refractivity contribution in [2.75, 3.05) is 13.2 Å². The van der Waals surface area contributed by atoms with Crippen molar-refractivity contribution in [1.29, 1.82) is 0 Å². The Morgan fingerprint density at radius 1 is 1.06 bits per heavy atom. The van der Waals surface area contributed by atoms with Crippen LogP contribution < -0.4 is 10.4 Å². The van der Waals surface area contributed by atoms with E-state index in [-0.39, 0.29) is 29.6 Å². The molecule has 0 radical (unpaired) electrons. The van der Waals surface area contributed by atoms with Crippen molar-refractivity contribution in [1.82, 2.24) is 0 Å². The minimum Gasteiger partial charge on any atom is -0.466 e. The van der Waals surface area contributed by atoms with Crippen molar-refractivity contribution in [3.8, 4) is 0 Å². The molecule has 0 bridgehead atoms. The van der Waals surface area contributed by atoms with Gasteiger partial charge in [-0.15, -0.1) is 0 Å². The van der Waals surface area contributed by atoms with Crippen LogP contribution in [-0.2, 0) is 23.4 Å². The minimum absolute atomic E-state index is 0.141. The zero-order valence-corrected chi connectivity index (χ0v) is 21.8. The van der Waals surface area contributed by atoms with E-state index in [1.54, 1.807) is 0 Å². The van der Waals surface area contributed by atoms with Crippen LogP contribution in [-0.4, -0.2) is 45.5 Å². The zero-order valence-electron chi connectivity index (χ0n) is 20.8. The molecule has 180 valence electrons.